The summed E-state index contributed by atoms with van der Waals surface area (Å²) < 4.78 is 0. The number of aromatic carboxylic acids is 1. The van der Waals surface area contributed by atoms with E-state index in [1.807, 2.05) is 13.0 Å². The summed E-state index contributed by atoms with van der Waals surface area (Å²) in [5.74, 6) is -1.83. The van der Waals surface area contributed by atoms with Crippen molar-refractivity contribution >= 4 is 40.5 Å². The lowest BCUT2D eigenvalue weighted by atomic mass is 10.1. The maximum atomic E-state index is 12.3. The van der Waals surface area contributed by atoms with Crippen molar-refractivity contribution in [2.24, 2.45) is 0 Å². The number of carboxylic acids is 1. The van der Waals surface area contributed by atoms with Gasteiger partial charge in [-0.25, -0.2) is 9.78 Å². The number of carboxylic acid groups (broad SMARTS) is 1. The number of aryl methyl sites for hydroxylation is 2. The summed E-state index contributed by atoms with van der Waals surface area (Å²) >= 11 is 6.95. The van der Waals surface area contributed by atoms with E-state index < -0.39 is 11.9 Å². The predicted molar refractivity (Wildman–Crippen MR) is 87.0 cm³/mol. The summed E-state index contributed by atoms with van der Waals surface area (Å²) in [7, 11) is 0. The largest absolute Gasteiger partial charge is 0.477 e. The lowest BCUT2D eigenvalue weighted by Gasteiger charge is -2.12. The molecule has 0 saturated heterocycles. The predicted octanol–water partition coefficient (Wildman–Crippen LogP) is 3.85. The zero-order chi connectivity index (χ0) is 16.4. The molecule has 0 radical (unpaired) electrons. The lowest BCUT2D eigenvalue weighted by molar-refractivity contribution is -0.117. The van der Waals surface area contributed by atoms with E-state index in [1.165, 1.54) is 0 Å². The second kappa shape index (κ2) is 6.46. The fourth-order valence-electron chi connectivity index (χ4n) is 1.88. The minimum atomic E-state index is -1.03. The molecule has 0 aliphatic carbocycles. The van der Waals surface area contributed by atoms with Crippen LogP contribution in [0.15, 0.2) is 18.2 Å². The first kappa shape index (κ1) is 16.5. The Balaban J connectivity index is 2.20. The molecule has 0 aliphatic rings. The number of hydrogen-bond acceptors (Lipinski definition) is 4. The van der Waals surface area contributed by atoms with Gasteiger partial charge in [-0.05, 0) is 38.5 Å². The van der Waals surface area contributed by atoms with E-state index in [1.54, 1.807) is 26.0 Å². The molecule has 1 unspecified atom stereocenters. The highest BCUT2D eigenvalue weighted by Crippen LogP contribution is 2.27. The third kappa shape index (κ3) is 3.45. The van der Waals surface area contributed by atoms with Crippen LogP contribution in [0.25, 0.3) is 0 Å². The van der Waals surface area contributed by atoms with E-state index >= 15 is 0 Å². The van der Waals surface area contributed by atoms with Crippen molar-refractivity contribution in [2.75, 3.05) is 5.32 Å². The smallest absolute Gasteiger partial charge is 0.347 e. The Bertz CT molecular complexity index is 742. The van der Waals surface area contributed by atoms with Crippen LogP contribution in [-0.4, -0.2) is 22.0 Å². The second-order valence-corrected chi connectivity index (χ2v) is 6.41. The Morgan fingerprint density at radius 1 is 1.36 bits per heavy atom. The summed E-state index contributed by atoms with van der Waals surface area (Å²) in [5, 5.41) is 12.9. The van der Waals surface area contributed by atoms with Gasteiger partial charge in [0, 0.05) is 10.7 Å². The number of halogens is 1. The highest BCUT2D eigenvalue weighted by molar-refractivity contribution is 7.13. The van der Waals surface area contributed by atoms with E-state index in [0.717, 1.165) is 16.9 Å². The first-order valence-corrected chi connectivity index (χ1v) is 7.76. The highest BCUT2D eigenvalue weighted by atomic mass is 35.5. The molecule has 7 heteroatoms. The molecule has 5 nitrogen and oxygen atoms in total. The van der Waals surface area contributed by atoms with E-state index in [2.05, 4.69) is 10.3 Å². The van der Waals surface area contributed by atoms with Gasteiger partial charge in [0.1, 0.15) is 9.88 Å². The van der Waals surface area contributed by atoms with E-state index in [0.29, 0.717) is 21.4 Å². The average molecular weight is 339 g/mol. The molecule has 1 amide bonds. The summed E-state index contributed by atoms with van der Waals surface area (Å²) in [4.78, 5) is 27.7. The van der Waals surface area contributed by atoms with Gasteiger partial charge in [-0.15, -0.1) is 11.3 Å². The highest BCUT2D eigenvalue weighted by Gasteiger charge is 2.23. The monoisotopic (exact) mass is 338 g/mol. The Morgan fingerprint density at radius 3 is 2.64 bits per heavy atom. The van der Waals surface area contributed by atoms with Crippen molar-refractivity contribution in [1.29, 1.82) is 0 Å². The molecular weight excluding hydrogens is 324 g/mol. The molecule has 116 valence electrons. The number of nitrogens with one attached hydrogen (secondary N) is 1. The summed E-state index contributed by atoms with van der Waals surface area (Å²) in [6, 6.07) is 5.25. The Morgan fingerprint density at radius 2 is 2.05 bits per heavy atom. The van der Waals surface area contributed by atoms with Gasteiger partial charge in [-0.2, -0.15) is 0 Å². The van der Waals surface area contributed by atoms with Crippen molar-refractivity contribution in [3.8, 4) is 0 Å². The minimum Gasteiger partial charge on any atom is -0.477 e. The van der Waals surface area contributed by atoms with Crippen LogP contribution >= 0.6 is 22.9 Å². The van der Waals surface area contributed by atoms with Crippen molar-refractivity contribution in [2.45, 2.75) is 26.7 Å². The molecule has 2 N–H and O–H groups in total. The summed E-state index contributed by atoms with van der Waals surface area (Å²) in [6.07, 6.45) is 0. The maximum Gasteiger partial charge on any atom is 0.347 e. The van der Waals surface area contributed by atoms with Crippen LogP contribution in [0.3, 0.4) is 0 Å². The number of benzene rings is 1. The number of aromatic nitrogens is 1. The van der Waals surface area contributed by atoms with Gasteiger partial charge >= 0.3 is 5.97 Å². The van der Waals surface area contributed by atoms with Crippen LogP contribution in [0.5, 0.6) is 0 Å². The zero-order valence-electron chi connectivity index (χ0n) is 12.3. The van der Waals surface area contributed by atoms with Gasteiger partial charge in [0.05, 0.1) is 11.6 Å². The molecule has 0 bridgehead atoms. The molecule has 1 heterocycles. The molecule has 22 heavy (non-hydrogen) atoms. The Hall–Kier alpha value is -1.92. The van der Waals surface area contributed by atoms with Crippen molar-refractivity contribution in [1.82, 2.24) is 4.98 Å². The third-order valence-corrected chi connectivity index (χ3v) is 4.79. The fourth-order valence-corrected chi connectivity index (χ4v) is 3.01. The number of anilines is 1. The topological polar surface area (TPSA) is 79.3 Å². The van der Waals surface area contributed by atoms with Crippen LogP contribution in [0, 0.1) is 13.8 Å². The Kier molecular flexibility index (Phi) is 4.83. The van der Waals surface area contributed by atoms with Crippen LogP contribution < -0.4 is 5.32 Å². The van der Waals surface area contributed by atoms with Gasteiger partial charge < -0.3 is 10.4 Å². The summed E-state index contributed by atoms with van der Waals surface area (Å²) in [6.45, 7) is 5.18. The quantitative estimate of drug-likeness (QED) is 0.887. The van der Waals surface area contributed by atoms with Crippen LogP contribution in [-0.2, 0) is 4.79 Å². The minimum absolute atomic E-state index is 0.161. The molecule has 0 aliphatic heterocycles. The number of carbonyl (C=O) groups is 2. The number of rotatable bonds is 4. The van der Waals surface area contributed by atoms with Crippen molar-refractivity contribution in [3.63, 3.8) is 0 Å². The SMILES string of the molecule is Cc1ccc(Cl)cc1NC(=O)C(C)c1nc(C)c(C(=O)O)s1. The molecule has 0 saturated carbocycles. The average Bonchev–Trinajstić information content (AvgIpc) is 2.84. The second-order valence-electron chi connectivity index (χ2n) is 4.94. The number of amides is 1. The third-order valence-electron chi connectivity index (χ3n) is 3.23. The van der Waals surface area contributed by atoms with Crippen LogP contribution in [0.1, 0.15) is 38.8 Å². The maximum absolute atomic E-state index is 12.3. The van der Waals surface area contributed by atoms with Crippen LogP contribution in [0.4, 0.5) is 5.69 Å². The van der Waals surface area contributed by atoms with Crippen LogP contribution in [0.2, 0.25) is 5.02 Å². The molecule has 1 atom stereocenters. The number of carbonyl (C=O) groups excluding carboxylic acids is 1. The van der Waals surface area contributed by atoms with Gasteiger partial charge in [-0.3, -0.25) is 4.79 Å². The van der Waals surface area contributed by atoms with E-state index in [9.17, 15) is 9.59 Å². The molecule has 2 rings (SSSR count). The number of hydrogen-bond donors (Lipinski definition) is 2. The molecular formula is C15H15ClN2O3S. The standard InChI is InChI=1S/C15H15ClN2O3S/c1-7-4-5-10(16)6-11(7)18-13(19)8(2)14-17-9(3)12(22-14)15(20)21/h4-6,8H,1-3H3,(H,18,19)(H,20,21). The normalized spacial score (nSPS) is 12.0. The molecule has 0 fully saturated rings. The molecule has 1 aromatic heterocycles. The van der Waals surface area contributed by atoms with Gasteiger partial charge in [0.2, 0.25) is 5.91 Å². The first-order chi connectivity index (χ1) is 10.3. The lowest BCUT2D eigenvalue weighted by Crippen LogP contribution is -2.19. The van der Waals surface area contributed by atoms with Gasteiger partial charge in [0.15, 0.2) is 0 Å². The molecule has 0 spiro atoms. The molecule has 2 aromatic rings. The number of thiazole rings is 1. The first-order valence-electron chi connectivity index (χ1n) is 6.57. The van der Waals surface area contributed by atoms with E-state index in [4.69, 9.17) is 16.7 Å². The molecule has 1 aromatic carbocycles. The van der Waals surface area contributed by atoms with Crippen molar-refractivity contribution in [3.05, 3.63) is 44.4 Å². The van der Waals surface area contributed by atoms with Gasteiger partial charge in [-0.1, -0.05) is 17.7 Å². The van der Waals surface area contributed by atoms with Crippen molar-refractivity contribution < 1.29 is 14.7 Å². The zero-order valence-corrected chi connectivity index (χ0v) is 13.9. The van der Waals surface area contributed by atoms with E-state index in [-0.39, 0.29) is 10.8 Å². The fraction of sp³-hybridized carbons (Fsp3) is 0.267. The summed E-state index contributed by atoms with van der Waals surface area (Å²) in [5.41, 5.74) is 1.95. The number of nitrogens with zero attached hydrogens (tertiary/aromatic N) is 1. The van der Waals surface area contributed by atoms with Gasteiger partial charge in [0.25, 0.3) is 0 Å². The Labute approximate surface area is 137 Å².